The molecule has 1 saturated heterocycles. The minimum Gasteiger partial charge on any atom is -0.478 e. The van der Waals surface area contributed by atoms with Crippen LogP contribution in [0.2, 0.25) is 0 Å². The fourth-order valence-corrected chi connectivity index (χ4v) is 3.41. The quantitative estimate of drug-likeness (QED) is 0.842. The Hall–Kier alpha value is -2.86. The van der Waals surface area contributed by atoms with E-state index < -0.39 is 11.6 Å². The molecular formula is C23H28N2O4. The second-order valence-corrected chi connectivity index (χ2v) is 8.29. The standard InChI is InChI=1S/C23H28N2O4/c1-23(2,3)29-22(28)25-13-11-24(12-14-25)16-17-9-10-19(21(26)27)20(15-17)18-7-5-4-6-8-18/h4-10,15H,11-14,16H2,1-3H3,(H,26,27). The van der Waals surface area contributed by atoms with Crippen molar-refractivity contribution < 1.29 is 19.4 Å². The van der Waals surface area contributed by atoms with Crippen molar-refractivity contribution in [3.05, 3.63) is 59.7 Å². The maximum atomic E-state index is 12.2. The molecule has 0 saturated carbocycles. The van der Waals surface area contributed by atoms with Gasteiger partial charge in [-0.2, -0.15) is 0 Å². The fraction of sp³-hybridized carbons (Fsp3) is 0.391. The molecule has 0 aromatic heterocycles. The van der Waals surface area contributed by atoms with E-state index in [0.717, 1.165) is 29.8 Å². The molecule has 1 amide bonds. The number of piperazine rings is 1. The Morgan fingerprint density at radius 1 is 1.00 bits per heavy atom. The lowest BCUT2D eigenvalue weighted by atomic mass is 9.97. The number of carbonyl (C=O) groups is 2. The lowest BCUT2D eigenvalue weighted by Gasteiger charge is -2.35. The third kappa shape index (κ3) is 5.57. The molecular weight excluding hydrogens is 368 g/mol. The lowest BCUT2D eigenvalue weighted by Crippen LogP contribution is -2.49. The van der Waals surface area contributed by atoms with Crippen LogP contribution < -0.4 is 0 Å². The van der Waals surface area contributed by atoms with Crippen molar-refractivity contribution in [1.82, 2.24) is 9.80 Å². The van der Waals surface area contributed by atoms with Gasteiger partial charge in [-0.05, 0) is 49.6 Å². The largest absolute Gasteiger partial charge is 0.478 e. The summed E-state index contributed by atoms with van der Waals surface area (Å²) in [7, 11) is 0. The van der Waals surface area contributed by atoms with E-state index in [1.54, 1.807) is 11.0 Å². The first-order chi connectivity index (χ1) is 13.7. The molecule has 1 aliphatic rings. The van der Waals surface area contributed by atoms with Crippen LogP contribution in [0.5, 0.6) is 0 Å². The maximum absolute atomic E-state index is 12.2. The van der Waals surface area contributed by atoms with Gasteiger partial charge in [-0.1, -0.05) is 36.4 Å². The van der Waals surface area contributed by atoms with E-state index in [1.165, 1.54) is 0 Å². The zero-order chi connectivity index (χ0) is 21.0. The number of carboxylic acid groups (broad SMARTS) is 1. The van der Waals surface area contributed by atoms with Gasteiger partial charge in [-0.15, -0.1) is 0 Å². The average molecular weight is 396 g/mol. The van der Waals surface area contributed by atoms with E-state index in [9.17, 15) is 14.7 Å². The molecule has 0 radical (unpaired) electrons. The summed E-state index contributed by atoms with van der Waals surface area (Å²) in [5.74, 6) is -0.929. The molecule has 1 aliphatic heterocycles. The number of rotatable bonds is 4. The molecule has 0 unspecified atom stereocenters. The van der Waals surface area contributed by atoms with Gasteiger partial charge in [0.05, 0.1) is 5.56 Å². The van der Waals surface area contributed by atoms with Crippen molar-refractivity contribution in [2.75, 3.05) is 26.2 Å². The Balaban J connectivity index is 1.67. The van der Waals surface area contributed by atoms with Gasteiger partial charge in [0.15, 0.2) is 0 Å². The second kappa shape index (κ2) is 8.66. The van der Waals surface area contributed by atoms with Crippen molar-refractivity contribution in [2.45, 2.75) is 32.9 Å². The maximum Gasteiger partial charge on any atom is 0.410 e. The molecule has 0 spiro atoms. The normalized spacial score (nSPS) is 15.2. The minimum atomic E-state index is -0.929. The topological polar surface area (TPSA) is 70.1 Å². The van der Waals surface area contributed by atoms with E-state index >= 15 is 0 Å². The number of hydrogen-bond acceptors (Lipinski definition) is 4. The van der Waals surface area contributed by atoms with Crippen LogP contribution in [0.4, 0.5) is 4.79 Å². The van der Waals surface area contributed by atoms with Crippen LogP contribution in [0.1, 0.15) is 36.7 Å². The molecule has 6 heteroatoms. The Bertz CT molecular complexity index is 866. The van der Waals surface area contributed by atoms with Crippen molar-refractivity contribution in [2.24, 2.45) is 0 Å². The van der Waals surface area contributed by atoms with Crippen LogP contribution in [0.3, 0.4) is 0 Å². The molecule has 0 atom stereocenters. The molecule has 29 heavy (non-hydrogen) atoms. The third-order valence-electron chi connectivity index (χ3n) is 4.83. The zero-order valence-corrected chi connectivity index (χ0v) is 17.2. The van der Waals surface area contributed by atoms with Gasteiger partial charge in [-0.25, -0.2) is 9.59 Å². The number of ether oxygens (including phenoxy) is 1. The van der Waals surface area contributed by atoms with Gasteiger partial charge < -0.3 is 14.7 Å². The fourth-order valence-electron chi connectivity index (χ4n) is 3.41. The zero-order valence-electron chi connectivity index (χ0n) is 17.2. The van der Waals surface area contributed by atoms with Crippen LogP contribution in [0.15, 0.2) is 48.5 Å². The summed E-state index contributed by atoms with van der Waals surface area (Å²) >= 11 is 0. The molecule has 1 heterocycles. The summed E-state index contributed by atoms with van der Waals surface area (Å²) in [4.78, 5) is 27.9. The number of hydrogen-bond donors (Lipinski definition) is 1. The minimum absolute atomic E-state index is 0.269. The van der Waals surface area contributed by atoms with Crippen molar-refractivity contribution in [3.8, 4) is 11.1 Å². The predicted molar refractivity (Wildman–Crippen MR) is 112 cm³/mol. The first kappa shape index (κ1) is 20.9. The van der Waals surface area contributed by atoms with Gasteiger partial charge in [0.1, 0.15) is 5.60 Å². The summed E-state index contributed by atoms with van der Waals surface area (Å²) in [6, 6.07) is 15.1. The summed E-state index contributed by atoms with van der Waals surface area (Å²) in [6.45, 7) is 9.05. The van der Waals surface area contributed by atoms with Gasteiger partial charge in [0, 0.05) is 32.7 Å². The molecule has 6 nitrogen and oxygen atoms in total. The Kier molecular flexibility index (Phi) is 6.23. The molecule has 0 bridgehead atoms. The average Bonchev–Trinajstić information content (AvgIpc) is 2.67. The number of amides is 1. The predicted octanol–water partition coefficient (Wildman–Crippen LogP) is 4.10. The third-order valence-corrected chi connectivity index (χ3v) is 4.83. The number of carboxylic acids is 1. The van der Waals surface area contributed by atoms with Crippen LogP contribution >= 0.6 is 0 Å². The van der Waals surface area contributed by atoms with E-state index in [-0.39, 0.29) is 6.09 Å². The van der Waals surface area contributed by atoms with Gasteiger partial charge in [0.25, 0.3) is 0 Å². The summed E-state index contributed by atoms with van der Waals surface area (Å²) < 4.78 is 5.44. The highest BCUT2D eigenvalue weighted by Crippen LogP contribution is 2.26. The SMILES string of the molecule is CC(C)(C)OC(=O)N1CCN(Cc2ccc(C(=O)O)c(-c3ccccc3)c2)CC1. The number of benzene rings is 2. The van der Waals surface area contributed by atoms with E-state index in [0.29, 0.717) is 25.2 Å². The van der Waals surface area contributed by atoms with Gasteiger partial charge in [0.2, 0.25) is 0 Å². The highest BCUT2D eigenvalue weighted by molar-refractivity contribution is 5.96. The van der Waals surface area contributed by atoms with Crippen molar-refractivity contribution in [1.29, 1.82) is 0 Å². The number of nitrogens with zero attached hydrogens (tertiary/aromatic N) is 2. The number of aromatic carboxylic acids is 1. The first-order valence-electron chi connectivity index (χ1n) is 9.85. The molecule has 2 aromatic rings. The summed E-state index contributed by atoms with van der Waals surface area (Å²) in [5.41, 5.74) is 2.48. The number of carbonyl (C=O) groups excluding carboxylic acids is 1. The van der Waals surface area contributed by atoms with Crippen LogP contribution in [0, 0.1) is 0 Å². The molecule has 2 aromatic carbocycles. The second-order valence-electron chi connectivity index (χ2n) is 8.29. The Morgan fingerprint density at radius 3 is 2.24 bits per heavy atom. The first-order valence-corrected chi connectivity index (χ1v) is 9.85. The van der Waals surface area contributed by atoms with E-state index in [1.807, 2.05) is 63.2 Å². The molecule has 3 rings (SSSR count). The monoisotopic (exact) mass is 396 g/mol. The highest BCUT2D eigenvalue weighted by Gasteiger charge is 2.26. The van der Waals surface area contributed by atoms with Gasteiger partial charge in [-0.3, -0.25) is 4.90 Å². The van der Waals surface area contributed by atoms with Crippen molar-refractivity contribution in [3.63, 3.8) is 0 Å². The van der Waals surface area contributed by atoms with Crippen LogP contribution in [-0.4, -0.2) is 58.7 Å². The highest BCUT2D eigenvalue weighted by atomic mass is 16.6. The van der Waals surface area contributed by atoms with Gasteiger partial charge >= 0.3 is 12.1 Å². The molecule has 0 aliphatic carbocycles. The molecule has 1 fully saturated rings. The Morgan fingerprint density at radius 2 is 1.66 bits per heavy atom. The molecule has 154 valence electrons. The van der Waals surface area contributed by atoms with Crippen LogP contribution in [-0.2, 0) is 11.3 Å². The lowest BCUT2D eigenvalue weighted by molar-refractivity contribution is 0.0139. The van der Waals surface area contributed by atoms with E-state index in [4.69, 9.17) is 4.74 Å². The summed E-state index contributed by atoms with van der Waals surface area (Å²) in [5, 5.41) is 9.54. The summed E-state index contributed by atoms with van der Waals surface area (Å²) in [6.07, 6.45) is -0.269. The van der Waals surface area contributed by atoms with Crippen molar-refractivity contribution >= 4 is 12.1 Å². The Labute approximate surface area is 171 Å². The van der Waals surface area contributed by atoms with Crippen LogP contribution in [0.25, 0.3) is 11.1 Å². The smallest absolute Gasteiger partial charge is 0.410 e. The molecule has 1 N–H and O–H groups in total. The van der Waals surface area contributed by atoms with E-state index in [2.05, 4.69) is 4.90 Å².